The summed E-state index contributed by atoms with van der Waals surface area (Å²) >= 11 is 0. The van der Waals surface area contributed by atoms with Crippen molar-refractivity contribution >= 4 is 18.3 Å². The second-order valence-corrected chi connectivity index (χ2v) is 13.7. The zero-order valence-corrected chi connectivity index (χ0v) is 24.2. The SMILES string of the molecule is CCP(=O)(CC)c1ncc(-n2ccn(-c3c4c(nn3-c3cc(C)c(F)c(C)c3)CCN(C)C4)c2=O)cc1NC. The van der Waals surface area contributed by atoms with Crippen molar-refractivity contribution in [3.63, 3.8) is 0 Å². The first-order valence-corrected chi connectivity index (χ1v) is 15.3. The molecule has 0 atom stereocenters. The Hall–Kier alpha value is -3.49. The highest BCUT2D eigenvalue weighted by molar-refractivity contribution is 7.71. The van der Waals surface area contributed by atoms with E-state index in [1.54, 1.807) is 60.9 Å². The Balaban J connectivity index is 1.68. The highest BCUT2D eigenvalue weighted by Crippen LogP contribution is 2.44. The average molecular weight is 552 g/mol. The van der Waals surface area contributed by atoms with Crippen LogP contribution in [0.4, 0.5) is 10.1 Å². The molecule has 206 valence electrons. The minimum atomic E-state index is -2.63. The molecular formula is C28H35FN7O2P. The van der Waals surface area contributed by atoms with E-state index in [2.05, 4.69) is 15.2 Å². The van der Waals surface area contributed by atoms with Crippen LogP contribution < -0.4 is 16.4 Å². The number of benzene rings is 1. The summed E-state index contributed by atoms with van der Waals surface area (Å²) in [4.78, 5) is 20.7. The van der Waals surface area contributed by atoms with Crippen LogP contribution in [-0.2, 0) is 17.5 Å². The highest BCUT2D eigenvalue weighted by Gasteiger charge is 2.28. The zero-order valence-electron chi connectivity index (χ0n) is 23.3. The van der Waals surface area contributed by atoms with Gasteiger partial charge >= 0.3 is 5.69 Å². The molecule has 0 radical (unpaired) electrons. The van der Waals surface area contributed by atoms with Gasteiger partial charge in [-0.2, -0.15) is 5.10 Å². The first kappa shape index (κ1) is 27.1. The smallest absolute Gasteiger partial charge is 0.338 e. The van der Waals surface area contributed by atoms with Crippen molar-refractivity contribution in [1.29, 1.82) is 0 Å². The number of fused-ring (bicyclic) bond motifs is 1. The van der Waals surface area contributed by atoms with E-state index in [0.717, 1.165) is 24.2 Å². The highest BCUT2D eigenvalue weighted by atomic mass is 31.2. The molecular weight excluding hydrogens is 516 g/mol. The number of imidazole rings is 1. The third kappa shape index (κ3) is 4.55. The van der Waals surface area contributed by atoms with Crippen molar-refractivity contribution < 1.29 is 8.96 Å². The molecule has 4 heterocycles. The van der Waals surface area contributed by atoms with Crippen LogP contribution >= 0.6 is 7.14 Å². The van der Waals surface area contributed by atoms with Crippen LogP contribution in [0.25, 0.3) is 17.2 Å². The summed E-state index contributed by atoms with van der Waals surface area (Å²) < 4.78 is 32.7. The van der Waals surface area contributed by atoms with Crippen molar-refractivity contribution in [2.75, 3.05) is 38.3 Å². The Labute approximate surface area is 227 Å². The summed E-state index contributed by atoms with van der Waals surface area (Å²) in [5.41, 5.74) is 5.15. The molecule has 0 fully saturated rings. The second-order valence-electron chi connectivity index (χ2n) is 10.2. The van der Waals surface area contributed by atoms with E-state index in [4.69, 9.17) is 5.10 Å². The predicted octanol–water partition coefficient (Wildman–Crippen LogP) is 4.02. The van der Waals surface area contributed by atoms with Gasteiger partial charge in [-0.1, -0.05) is 13.8 Å². The van der Waals surface area contributed by atoms with Crippen molar-refractivity contribution in [1.82, 2.24) is 28.8 Å². The van der Waals surface area contributed by atoms with Crippen LogP contribution in [0.1, 0.15) is 36.2 Å². The molecule has 1 aliphatic heterocycles. The molecule has 0 aliphatic carbocycles. The molecule has 0 saturated heterocycles. The number of halogens is 1. The minimum absolute atomic E-state index is 0.243. The quantitative estimate of drug-likeness (QED) is 0.349. The lowest BCUT2D eigenvalue weighted by Crippen LogP contribution is -2.29. The summed E-state index contributed by atoms with van der Waals surface area (Å²) in [6.07, 6.45) is 6.83. The summed E-state index contributed by atoms with van der Waals surface area (Å²) in [7, 11) is 1.18. The predicted molar refractivity (Wildman–Crippen MR) is 154 cm³/mol. The number of hydrogen-bond acceptors (Lipinski definition) is 6. The summed E-state index contributed by atoms with van der Waals surface area (Å²) in [6, 6.07) is 5.34. The lowest BCUT2D eigenvalue weighted by Gasteiger charge is -2.22. The Morgan fingerprint density at radius 2 is 1.72 bits per heavy atom. The fraction of sp³-hybridized carbons (Fsp3) is 0.393. The van der Waals surface area contributed by atoms with Gasteiger partial charge in [0.05, 0.1) is 29.0 Å². The van der Waals surface area contributed by atoms with Gasteiger partial charge in [-0.3, -0.25) is 9.13 Å². The number of aromatic nitrogens is 5. The number of aryl methyl sites for hydroxylation is 2. The fourth-order valence-electron chi connectivity index (χ4n) is 5.31. The first-order valence-electron chi connectivity index (χ1n) is 13.3. The Morgan fingerprint density at radius 1 is 1.05 bits per heavy atom. The molecule has 0 saturated carbocycles. The van der Waals surface area contributed by atoms with E-state index in [1.807, 2.05) is 27.0 Å². The van der Waals surface area contributed by atoms with Crippen LogP contribution in [0, 0.1) is 19.7 Å². The van der Waals surface area contributed by atoms with Gasteiger partial charge in [-0.05, 0) is 50.2 Å². The number of rotatable bonds is 7. The summed E-state index contributed by atoms with van der Waals surface area (Å²) in [6.45, 7) is 8.80. The molecule has 4 aromatic rings. The van der Waals surface area contributed by atoms with Crippen molar-refractivity contribution in [2.24, 2.45) is 0 Å². The van der Waals surface area contributed by atoms with Gasteiger partial charge in [0.15, 0.2) is 0 Å². The van der Waals surface area contributed by atoms with E-state index in [0.29, 0.717) is 58.3 Å². The van der Waals surface area contributed by atoms with Crippen LogP contribution in [0.5, 0.6) is 0 Å². The molecule has 0 amide bonds. The molecule has 11 heteroatoms. The summed E-state index contributed by atoms with van der Waals surface area (Å²) in [5, 5.41) is 8.01. The standard InChI is InChI=1S/C28H35FN7O2P/c1-7-39(38,8-2)26-24(30-5)15-21(16-31-26)34-11-12-35(28(34)37)27-22-17-33(6)10-9-23(22)32-36(27)20-13-18(3)25(29)19(4)14-20/h11-16,30H,7-10,17H2,1-6H3. The van der Waals surface area contributed by atoms with Gasteiger partial charge in [-0.15, -0.1) is 0 Å². The molecule has 0 spiro atoms. The Morgan fingerprint density at radius 3 is 2.36 bits per heavy atom. The van der Waals surface area contributed by atoms with Gasteiger partial charge in [-0.25, -0.2) is 18.9 Å². The van der Waals surface area contributed by atoms with E-state index in [1.165, 1.54) is 4.57 Å². The minimum Gasteiger partial charge on any atom is -0.386 e. The topological polar surface area (TPSA) is 90.0 Å². The van der Waals surface area contributed by atoms with Gasteiger partial charge in [0.2, 0.25) is 0 Å². The van der Waals surface area contributed by atoms with Gasteiger partial charge in [0.25, 0.3) is 0 Å². The number of nitrogens with one attached hydrogen (secondary N) is 1. The zero-order chi connectivity index (χ0) is 28.1. The molecule has 0 bridgehead atoms. The molecule has 5 rings (SSSR count). The molecule has 9 nitrogen and oxygen atoms in total. The molecule has 3 aromatic heterocycles. The maximum Gasteiger partial charge on any atom is 0.338 e. The van der Waals surface area contributed by atoms with Crippen molar-refractivity contribution in [3.05, 3.63) is 75.5 Å². The number of nitrogens with zero attached hydrogens (tertiary/aromatic N) is 6. The van der Waals surface area contributed by atoms with E-state index in [-0.39, 0.29) is 11.5 Å². The van der Waals surface area contributed by atoms with Gasteiger partial charge in [0, 0.05) is 56.8 Å². The fourth-order valence-corrected chi connectivity index (χ4v) is 7.24. The van der Waals surface area contributed by atoms with Crippen LogP contribution in [-0.4, -0.2) is 61.8 Å². The van der Waals surface area contributed by atoms with E-state index in [9.17, 15) is 13.8 Å². The molecule has 1 aliphatic rings. The Kier molecular flexibility index (Phi) is 7.11. The third-order valence-electron chi connectivity index (χ3n) is 7.68. The van der Waals surface area contributed by atoms with Crippen LogP contribution in [0.15, 0.2) is 41.6 Å². The van der Waals surface area contributed by atoms with Gasteiger partial charge < -0.3 is 14.8 Å². The maximum absolute atomic E-state index is 14.5. The number of anilines is 1. The van der Waals surface area contributed by atoms with Crippen LogP contribution in [0.2, 0.25) is 0 Å². The molecule has 39 heavy (non-hydrogen) atoms. The molecule has 0 unspecified atom stereocenters. The average Bonchev–Trinajstić information content (AvgIpc) is 3.50. The number of pyridine rings is 1. The second kappa shape index (κ2) is 10.2. The monoisotopic (exact) mass is 551 g/mol. The molecule has 1 aromatic carbocycles. The van der Waals surface area contributed by atoms with Crippen molar-refractivity contribution in [3.8, 4) is 17.2 Å². The van der Waals surface area contributed by atoms with Crippen LogP contribution in [0.3, 0.4) is 0 Å². The lowest BCUT2D eigenvalue weighted by atomic mass is 10.1. The van der Waals surface area contributed by atoms with E-state index < -0.39 is 7.14 Å². The number of hydrogen-bond donors (Lipinski definition) is 1. The molecule has 1 N–H and O–H groups in total. The third-order valence-corrected chi connectivity index (χ3v) is 10.8. The Bertz CT molecular complexity index is 1640. The van der Waals surface area contributed by atoms with Crippen molar-refractivity contribution in [2.45, 2.75) is 40.7 Å². The van der Waals surface area contributed by atoms with E-state index >= 15 is 0 Å². The largest absolute Gasteiger partial charge is 0.386 e. The normalized spacial score (nSPS) is 14.0. The number of likely N-dealkylation sites (N-methyl/N-ethyl adjacent to an activating group) is 1. The maximum atomic E-state index is 14.5. The lowest BCUT2D eigenvalue weighted by molar-refractivity contribution is 0.311. The van der Waals surface area contributed by atoms with Gasteiger partial charge in [0.1, 0.15) is 24.2 Å². The summed E-state index contributed by atoms with van der Waals surface area (Å²) in [5.74, 6) is 0.401. The first-order chi connectivity index (χ1) is 18.6.